The van der Waals surface area contributed by atoms with E-state index >= 15 is 0 Å². The Morgan fingerprint density at radius 1 is 0.679 bits per heavy atom. The fourth-order valence-electron chi connectivity index (χ4n) is 4.93. The smallest absolute Gasteiger partial charge is 0.0159 e. The van der Waals surface area contributed by atoms with E-state index in [4.69, 9.17) is 0 Å². The Morgan fingerprint density at radius 3 is 2.14 bits per heavy atom. The van der Waals surface area contributed by atoms with Crippen LogP contribution >= 0.6 is 0 Å². The van der Waals surface area contributed by atoms with Crippen LogP contribution in [0.3, 0.4) is 0 Å². The van der Waals surface area contributed by atoms with Crippen molar-refractivity contribution in [1.82, 2.24) is 0 Å². The summed E-state index contributed by atoms with van der Waals surface area (Å²) in [6.07, 6.45) is 2.34. The minimum absolute atomic E-state index is 0.0159. The Morgan fingerprint density at radius 2 is 1.39 bits per heavy atom. The molecule has 0 saturated heterocycles. The van der Waals surface area contributed by atoms with Gasteiger partial charge in [0.2, 0.25) is 0 Å². The van der Waals surface area contributed by atoms with Crippen molar-refractivity contribution in [2.24, 2.45) is 0 Å². The number of aryl methyl sites for hydroxylation is 1. The van der Waals surface area contributed by atoms with Gasteiger partial charge in [-0.1, -0.05) is 100.0 Å². The summed E-state index contributed by atoms with van der Waals surface area (Å²) < 4.78 is 0. The van der Waals surface area contributed by atoms with Crippen molar-refractivity contribution < 1.29 is 0 Å². The maximum Gasteiger partial charge on any atom is 0.0159 e. The molecule has 0 spiro atoms. The fraction of sp³-hybridized carbons (Fsp3) is 0.214. The molecule has 0 heterocycles. The highest BCUT2D eigenvalue weighted by molar-refractivity contribution is 6.08. The van der Waals surface area contributed by atoms with Crippen LogP contribution in [0.15, 0.2) is 78.9 Å². The van der Waals surface area contributed by atoms with Crippen molar-refractivity contribution in [3.05, 3.63) is 95.6 Å². The molecule has 0 nitrogen and oxygen atoms in total. The van der Waals surface area contributed by atoms with Crippen LogP contribution in [-0.2, 0) is 11.8 Å². The van der Waals surface area contributed by atoms with E-state index in [9.17, 15) is 0 Å². The number of fused-ring (bicyclic) bond motifs is 5. The predicted molar refractivity (Wildman–Crippen MR) is 121 cm³/mol. The molecule has 4 aromatic rings. The Kier molecular flexibility index (Phi) is 3.91. The fourth-order valence-corrected chi connectivity index (χ4v) is 4.93. The average Bonchev–Trinajstić information content (AvgIpc) is 2.95. The first-order chi connectivity index (χ1) is 13.6. The van der Waals surface area contributed by atoms with Crippen LogP contribution in [0.1, 0.15) is 43.9 Å². The first-order valence-electron chi connectivity index (χ1n) is 10.4. The molecular formula is C28H26. The number of hydrogen-bond donors (Lipinski definition) is 0. The van der Waals surface area contributed by atoms with Gasteiger partial charge in [-0.05, 0) is 62.2 Å². The summed E-state index contributed by atoms with van der Waals surface area (Å²) >= 11 is 0. The highest BCUT2D eigenvalue weighted by Gasteiger charge is 2.37. The van der Waals surface area contributed by atoms with Crippen molar-refractivity contribution in [3.8, 4) is 22.3 Å². The molecule has 138 valence electrons. The molecule has 0 atom stereocenters. The van der Waals surface area contributed by atoms with Gasteiger partial charge in [0.1, 0.15) is 0 Å². The van der Waals surface area contributed by atoms with E-state index in [0.29, 0.717) is 0 Å². The van der Waals surface area contributed by atoms with Gasteiger partial charge in [0, 0.05) is 5.41 Å². The van der Waals surface area contributed by atoms with Gasteiger partial charge in [0.15, 0.2) is 0 Å². The van der Waals surface area contributed by atoms with Crippen LogP contribution in [0.25, 0.3) is 33.0 Å². The molecule has 0 saturated carbocycles. The van der Waals surface area contributed by atoms with Crippen molar-refractivity contribution in [1.29, 1.82) is 0 Å². The molecule has 0 radical (unpaired) electrons. The van der Waals surface area contributed by atoms with Gasteiger partial charge in [-0.25, -0.2) is 0 Å². The monoisotopic (exact) mass is 362 g/mol. The zero-order chi connectivity index (χ0) is 19.3. The maximum absolute atomic E-state index is 2.45. The molecule has 0 N–H and O–H groups in total. The summed E-state index contributed by atoms with van der Waals surface area (Å²) in [6.45, 7) is 7.03. The van der Waals surface area contributed by atoms with Crippen LogP contribution in [0.5, 0.6) is 0 Å². The molecule has 0 heteroatoms. The van der Waals surface area contributed by atoms with Gasteiger partial charge in [0.05, 0.1) is 0 Å². The van der Waals surface area contributed by atoms with Gasteiger partial charge in [-0.3, -0.25) is 0 Å². The standard InChI is InChI=1S/C28H26/c1-4-10-19-15-16-23-25(17-19)28(2,3)26-18-24(20-11-6-5-7-12-20)21-13-8-9-14-22(21)27(23)26/h5-9,11-18H,4,10H2,1-3H3. The SMILES string of the molecule is CCCc1ccc2c(c1)C(C)(C)c1cc(-c3ccccc3)c3ccccc3c1-2. The van der Waals surface area contributed by atoms with Crippen LogP contribution in [0, 0.1) is 0 Å². The van der Waals surface area contributed by atoms with Crippen molar-refractivity contribution >= 4 is 10.8 Å². The lowest BCUT2D eigenvalue weighted by atomic mass is 9.80. The Bertz CT molecular complexity index is 1180. The Balaban J connectivity index is 1.85. The molecule has 1 aliphatic rings. The lowest BCUT2D eigenvalue weighted by Gasteiger charge is -2.23. The minimum atomic E-state index is 0.0159. The second-order valence-electron chi connectivity index (χ2n) is 8.51. The van der Waals surface area contributed by atoms with Crippen LogP contribution in [-0.4, -0.2) is 0 Å². The summed E-state index contributed by atoms with van der Waals surface area (Å²) in [6, 6.07) is 29.3. The van der Waals surface area contributed by atoms with E-state index < -0.39 is 0 Å². The van der Waals surface area contributed by atoms with E-state index in [2.05, 4.69) is 99.6 Å². The lowest BCUT2D eigenvalue weighted by molar-refractivity contribution is 0.659. The molecule has 0 aromatic heterocycles. The lowest BCUT2D eigenvalue weighted by Crippen LogP contribution is -2.15. The predicted octanol–water partition coefficient (Wildman–Crippen LogP) is 7.77. The Labute approximate surface area is 167 Å². The van der Waals surface area contributed by atoms with Crippen molar-refractivity contribution in [3.63, 3.8) is 0 Å². The topological polar surface area (TPSA) is 0 Å². The zero-order valence-electron chi connectivity index (χ0n) is 16.9. The number of rotatable bonds is 3. The highest BCUT2D eigenvalue weighted by atomic mass is 14.4. The summed E-state index contributed by atoms with van der Waals surface area (Å²) in [5, 5.41) is 2.71. The van der Waals surface area contributed by atoms with Crippen LogP contribution < -0.4 is 0 Å². The zero-order valence-corrected chi connectivity index (χ0v) is 16.9. The number of benzene rings is 4. The van der Waals surface area contributed by atoms with Crippen molar-refractivity contribution in [2.45, 2.75) is 39.0 Å². The summed E-state index contributed by atoms with van der Waals surface area (Å²) in [7, 11) is 0. The van der Waals surface area contributed by atoms with Gasteiger partial charge in [-0.2, -0.15) is 0 Å². The van der Waals surface area contributed by atoms with E-state index in [1.807, 2.05) is 0 Å². The molecule has 28 heavy (non-hydrogen) atoms. The van der Waals surface area contributed by atoms with Gasteiger partial charge < -0.3 is 0 Å². The van der Waals surface area contributed by atoms with E-state index in [1.54, 1.807) is 0 Å². The van der Waals surface area contributed by atoms with Crippen LogP contribution in [0.4, 0.5) is 0 Å². The van der Waals surface area contributed by atoms with Crippen LogP contribution in [0.2, 0.25) is 0 Å². The van der Waals surface area contributed by atoms with Gasteiger partial charge in [0.25, 0.3) is 0 Å². The summed E-state index contributed by atoms with van der Waals surface area (Å²) in [5.41, 5.74) is 9.87. The molecule has 4 aromatic carbocycles. The minimum Gasteiger partial charge on any atom is -0.0651 e. The largest absolute Gasteiger partial charge is 0.0651 e. The molecular weight excluding hydrogens is 336 g/mol. The molecule has 0 fully saturated rings. The number of hydrogen-bond acceptors (Lipinski definition) is 0. The molecule has 0 bridgehead atoms. The Hall–Kier alpha value is -2.86. The third-order valence-corrected chi connectivity index (χ3v) is 6.37. The molecule has 0 aliphatic heterocycles. The van der Waals surface area contributed by atoms with E-state index in [0.717, 1.165) is 6.42 Å². The second kappa shape index (κ2) is 6.34. The molecule has 0 unspecified atom stereocenters. The summed E-state index contributed by atoms with van der Waals surface area (Å²) in [5.74, 6) is 0. The van der Waals surface area contributed by atoms with Gasteiger partial charge in [-0.15, -0.1) is 0 Å². The first-order valence-corrected chi connectivity index (χ1v) is 10.4. The average molecular weight is 363 g/mol. The maximum atomic E-state index is 2.45. The molecule has 1 aliphatic carbocycles. The highest BCUT2D eigenvalue weighted by Crippen LogP contribution is 2.53. The third-order valence-electron chi connectivity index (χ3n) is 6.37. The normalized spacial score (nSPS) is 14.1. The van der Waals surface area contributed by atoms with E-state index in [1.165, 1.54) is 56.1 Å². The quantitative estimate of drug-likeness (QED) is 0.349. The molecule has 0 amide bonds. The van der Waals surface area contributed by atoms with E-state index in [-0.39, 0.29) is 5.41 Å². The third kappa shape index (κ3) is 2.44. The first kappa shape index (κ1) is 17.3. The molecule has 5 rings (SSSR count). The second-order valence-corrected chi connectivity index (χ2v) is 8.51. The van der Waals surface area contributed by atoms with Crippen molar-refractivity contribution in [2.75, 3.05) is 0 Å². The summed E-state index contributed by atoms with van der Waals surface area (Å²) in [4.78, 5) is 0. The van der Waals surface area contributed by atoms with Gasteiger partial charge >= 0.3 is 0 Å².